The topological polar surface area (TPSA) is 79.4 Å². The predicted molar refractivity (Wildman–Crippen MR) is 103 cm³/mol. The number of benzene rings is 2. The number of hydrazone groups is 1. The van der Waals surface area contributed by atoms with Crippen LogP contribution in [0.2, 0.25) is 0 Å². The number of nitrogens with zero attached hydrogens (tertiary/aromatic N) is 2. The Balaban J connectivity index is 1.68. The molecule has 0 saturated carbocycles. The third-order valence-corrected chi connectivity index (χ3v) is 4.01. The zero-order valence-corrected chi connectivity index (χ0v) is 15.7. The molecule has 0 radical (unpaired) electrons. The summed E-state index contributed by atoms with van der Waals surface area (Å²) in [6.07, 6.45) is 1.54. The van der Waals surface area contributed by atoms with Crippen LogP contribution < -0.4 is 10.2 Å². The Morgan fingerprint density at radius 1 is 1.27 bits per heavy atom. The number of carbonyl (C=O) groups is 1. The molecular formula is C19H17BrN4O2. The monoisotopic (exact) mass is 412 g/mol. The van der Waals surface area contributed by atoms with E-state index in [-0.39, 0.29) is 11.6 Å². The van der Waals surface area contributed by atoms with Gasteiger partial charge in [0.05, 0.1) is 6.21 Å². The molecule has 2 N–H and O–H groups in total. The van der Waals surface area contributed by atoms with Gasteiger partial charge in [-0.2, -0.15) is 10.2 Å². The Morgan fingerprint density at radius 2 is 2.08 bits per heavy atom. The number of hydrogen-bond donors (Lipinski definition) is 2. The first-order chi connectivity index (χ1) is 12.6. The number of amides is 1. The zero-order chi connectivity index (χ0) is 18.4. The summed E-state index contributed by atoms with van der Waals surface area (Å²) in [5.41, 5.74) is 5.37. The number of hydrogen-bond acceptors (Lipinski definition) is 4. The van der Waals surface area contributed by atoms with Gasteiger partial charge in [-0.1, -0.05) is 46.3 Å². The van der Waals surface area contributed by atoms with Gasteiger partial charge in [-0.15, -0.1) is 0 Å². The summed E-state index contributed by atoms with van der Waals surface area (Å²) in [6, 6.07) is 17.2. The standard InChI is InChI=1S/C19H17BrN4O2/c1-13-9-17(23-22-13)19(25)24-21-11-15-10-16(20)7-8-18(15)26-12-14-5-3-2-4-6-14/h2-11H,12H2,1H3,(H,22,23)(H,24,25)/b21-11-. The second kappa shape index (κ2) is 8.44. The van der Waals surface area contributed by atoms with Crippen molar-refractivity contribution in [2.45, 2.75) is 13.5 Å². The normalized spacial score (nSPS) is 10.8. The van der Waals surface area contributed by atoms with Crippen molar-refractivity contribution in [1.82, 2.24) is 15.6 Å². The molecule has 132 valence electrons. The molecule has 1 aromatic heterocycles. The molecular weight excluding hydrogens is 396 g/mol. The van der Waals surface area contributed by atoms with E-state index in [1.54, 1.807) is 12.3 Å². The van der Waals surface area contributed by atoms with E-state index in [9.17, 15) is 4.79 Å². The fourth-order valence-electron chi connectivity index (χ4n) is 2.24. The number of carbonyl (C=O) groups excluding carboxylic acids is 1. The molecule has 3 rings (SSSR count). The van der Waals surface area contributed by atoms with Crippen LogP contribution in [0.3, 0.4) is 0 Å². The van der Waals surface area contributed by atoms with Gasteiger partial charge in [0.25, 0.3) is 5.91 Å². The second-order valence-electron chi connectivity index (χ2n) is 5.59. The Morgan fingerprint density at radius 3 is 2.81 bits per heavy atom. The molecule has 0 aliphatic heterocycles. The summed E-state index contributed by atoms with van der Waals surface area (Å²) in [5.74, 6) is 0.290. The smallest absolute Gasteiger partial charge is 0.291 e. The summed E-state index contributed by atoms with van der Waals surface area (Å²) in [7, 11) is 0. The highest BCUT2D eigenvalue weighted by atomic mass is 79.9. The predicted octanol–water partition coefficient (Wildman–Crippen LogP) is 3.82. The van der Waals surface area contributed by atoms with Crippen LogP contribution in [0.4, 0.5) is 0 Å². The summed E-state index contributed by atoms with van der Waals surface area (Å²) in [6.45, 7) is 2.27. The maximum atomic E-state index is 12.0. The van der Waals surface area contributed by atoms with Crippen molar-refractivity contribution in [2.24, 2.45) is 5.10 Å². The number of aromatic nitrogens is 2. The third-order valence-electron chi connectivity index (χ3n) is 3.52. The van der Waals surface area contributed by atoms with Crippen molar-refractivity contribution in [3.8, 4) is 5.75 Å². The van der Waals surface area contributed by atoms with E-state index in [2.05, 4.69) is 36.7 Å². The van der Waals surface area contributed by atoms with Gasteiger partial charge in [-0.05, 0) is 36.8 Å². The van der Waals surface area contributed by atoms with Crippen LogP contribution in [-0.2, 0) is 6.61 Å². The number of nitrogens with one attached hydrogen (secondary N) is 2. The van der Waals surface area contributed by atoms with Crippen LogP contribution in [-0.4, -0.2) is 22.3 Å². The van der Waals surface area contributed by atoms with Crippen molar-refractivity contribution in [2.75, 3.05) is 0 Å². The zero-order valence-electron chi connectivity index (χ0n) is 14.1. The van der Waals surface area contributed by atoms with Crippen molar-refractivity contribution in [3.63, 3.8) is 0 Å². The molecule has 0 atom stereocenters. The average Bonchev–Trinajstić information content (AvgIpc) is 3.08. The van der Waals surface area contributed by atoms with Gasteiger partial charge in [0, 0.05) is 15.7 Å². The van der Waals surface area contributed by atoms with E-state index in [0.717, 1.165) is 21.3 Å². The van der Waals surface area contributed by atoms with Gasteiger partial charge in [0.1, 0.15) is 12.4 Å². The van der Waals surface area contributed by atoms with Gasteiger partial charge >= 0.3 is 0 Å². The number of H-pyrrole nitrogens is 1. The lowest BCUT2D eigenvalue weighted by Crippen LogP contribution is -2.18. The molecule has 0 unspecified atom stereocenters. The second-order valence-corrected chi connectivity index (χ2v) is 6.51. The van der Waals surface area contributed by atoms with Gasteiger partial charge in [0.15, 0.2) is 5.69 Å². The first kappa shape index (κ1) is 17.9. The Labute approximate surface area is 159 Å². The molecule has 0 fully saturated rings. The maximum absolute atomic E-state index is 12.0. The highest BCUT2D eigenvalue weighted by Gasteiger charge is 2.08. The molecule has 6 nitrogen and oxygen atoms in total. The van der Waals surface area contributed by atoms with Crippen molar-refractivity contribution in [1.29, 1.82) is 0 Å². The average molecular weight is 413 g/mol. The number of aromatic amines is 1. The number of halogens is 1. The van der Waals surface area contributed by atoms with Crippen LogP contribution in [0.1, 0.15) is 27.3 Å². The molecule has 1 amide bonds. The Hall–Kier alpha value is -2.93. The van der Waals surface area contributed by atoms with E-state index in [1.165, 1.54) is 0 Å². The van der Waals surface area contributed by atoms with Crippen molar-refractivity contribution >= 4 is 28.1 Å². The molecule has 0 aliphatic rings. The highest BCUT2D eigenvalue weighted by Crippen LogP contribution is 2.22. The lowest BCUT2D eigenvalue weighted by atomic mass is 10.2. The van der Waals surface area contributed by atoms with E-state index >= 15 is 0 Å². The Bertz CT molecular complexity index is 922. The largest absolute Gasteiger partial charge is 0.488 e. The number of ether oxygens (including phenoxy) is 1. The summed E-state index contributed by atoms with van der Waals surface area (Å²) < 4.78 is 6.77. The van der Waals surface area contributed by atoms with Crippen LogP contribution >= 0.6 is 15.9 Å². The van der Waals surface area contributed by atoms with Gasteiger partial charge < -0.3 is 4.74 Å². The molecule has 2 aromatic carbocycles. The molecule has 7 heteroatoms. The lowest BCUT2D eigenvalue weighted by molar-refractivity contribution is 0.0950. The fourth-order valence-corrected chi connectivity index (χ4v) is 2.62. The first-order valence-electron chi connectivity index (χ1n) is 7.93. The number of aryl methyl sites for hydroxylation is 1. The molecule has 0 aliphatic carbocycles. The van der Waals surface area contributed by atoms with Crippen LogP contribution in [0.25, 0.3) is 0 Å². The van der Waals surface area contributed by atoms with Gasteiger partial charge in [0.2, 0.25) is 0 Å². The molecule has 0 bridgehead atoms. The SMILES string of the molecule is Cc1cc(C(=O)N/N=C\c2cc(Br)ccc2OCc2ccccc2)n[nH]1. The minimum atomic E-state index is -0.382. The highest BCUT2D eigenvalue weighted by molar-refractivity contribution is 9.10. The van der Waals surface area contributed by atoms with E-state index in [0.29, 0.717) is 12.4 Å². The molecule has 0 saturated heterocycles. The molecule has 26 heavy (non-hydrogen) atoms. The summed E-state index contributed by atoms with van der Waals surface area (Å²) in [4.78, 5) is 12.0. The maximum Gasteiger partial charge on any atom is 0.291 e. The minimum Gasteiger partial charge on any atom is -0.488 e. The summed E-state index contributed by atoms with van der Waals surface area (Å²) in [5, 5.41) is 10.6. The van der Waals surface area contributed by atoms with E-state index < -0.39 is 0 Å². The van der Waals surface area contributed by atoms with Crippen LogP contribution in [0.5, 0.6) is 5.75 Å². The van der Waals surface area contributed by atoms with Gasteiger partial charge in [-0.3, -0.25) is 9.89 Å². The van der Waals surface area contributed by atoms with Crippen molar-refractivity contribution in [3.05, 3.63) is 81.6 Å². The first-order valence-corrected chi connectivity index (χ1v) is 8.73. The Kier molecular flexibility index (Phi) is 5.80. The lowest BCUT2D eigenvalue weighted by Gasteiger charge is -2.09. The quantitative estimate of drug-likeness (QED) is 0.476. The van der Waals surface area contributed by atoms with Crippen molar-refractivity contribution < 1.29 is 9.53 Å². The van der Waals surface area contributed by atoms with Crippen LogP contribution in [0, 0.1) is 6.92 Å². The third kappa shape index (κ3) is 4.80. The number of rotatable bonds is 6. The van der Waals surface area contributed by atoms with E-state index in [4.69, 9.17) is 4.74 Å². The summed E-state index contributed by atoms with van der Waals surface area (Å²) >= 11 is 3.43. The van der Waals surface area contributed by atoms with E-state index in [1.807, 2.05) is 55.5 Å². The molecule has 3 aromatic rings. The minimum absolute atomic E-state index is 0.287. The van der Waals surface area contributed by atoms with Gasteiger partial charge in [-0.25, -0.2) is 5.43 Å². The van der Waals surface area contributed by atoms with Crippen LogP contribution in [0.15, 0.2) is 64.2 Å². The molecule has 0 spiro atoms. The fraction of sp³-hybridized carbons (Fsp3) is 0.105. The molecule has 1 heterocycles.